The molecule has 0 bridgehead atoms. The summed E-state index contributed by atoms with van der Waals surface area (Å²) in [6.07, 6.45) is -3.03. The second kappa shape index (κ2) is 5.93. The molecule has 0 saturated carbocycles. The monoisotopic (exact) mass is 300 g/mol. The maximum absolute atomic E-state index is 12.4. The van der Waals surface area contributed by atoms with Crippen molar-refractivity contribution >= 4 is 11.3 Å². The van der Waals surface area contributed by atoms with Gasteiger partial charge in [-0.2, -0.15) is 13.2 Å². The number of benzene rings is 1. The zero-order valence-corrected chi connectivity index (χ0v) is 11.8. The summed E-state index contributed by atoms with van der Waals surface area (Å²) < 4.78 is 37.3. The van der Waals surface area contributed by atoms with Crippen LogP contribution in [0, 0.1) is 0 Å². The van der Waals surface area contributed by atoms with E-state index in [2.05, 4.69) is 4.98 Å². The van der Waals surface area contributed by atoms with Crippen LogP contribution in [0.3, 0.4) is 0 Å². The molecule has 0 saturated heterocycles. The molecule has 2 rings (SSSR count). The van der Waals surface area contributed by atoms with E-state index in [1.807, 2.05) is 12.3 Å². The van der Waals surface area contributed by atoms with Gasteiger partial charge in [0.1, 0.15) is 0 Å². The average molecular weight is 300 g/mol. The molecular formula is C14H15F3N2S. The van der Waals surface area contributed by atoms with Crippen molar-refractivity contribution in [3.8, 4) is 0 Å². The summed E-state index contributed by atoms with van der Waals surface area (Å²) in [6, 6.07) is 5.25. The summed E-state index contributed by atoms with van der Waals surface area (Å²) >= 11 is 1.51. The SMILES string of the molecule is CC(N)Cc1csc(Cc2ccc(C(F)(F)F)cc2)n1. The molecule has 0 aliphatic carbocycles. The minimum Gasteiger partial charge on any atom is -0.328 e. The molecule has 0 aliphatic heterocycles. The fraction of sp³-hybridized carbons (Fsp3) is 0.357. The molecule has 2 nitrogen and oxygen atoms in total. The zero-order chi connectivity index (χ0) is 14.8. The van der Waals surface area contributed by atoms with E-state index < -0.39 is 11.7 Å². The fourth-order valence-corrected chi connectivity index (χ4v) is 2.68. The highest BCUT2D eigenvalue weighted by Crippen LogP contribution is 2.29. The Kier molecular flexibility index (Phi) is 4.45. The van der Waals surface area contributed by atoms with Crippen molar-refractivity contribution in [2.45, 2.75) is 32.0 Å². The first kappa shape index (κ1) is 15.0. The molecule has 0 amide bonds. The van der Waals surface area contributed by atoms with Gasteiger partial charge in [0, 0.05) is 24.3 Å². The molecule has 1 atom stereocenters. The summed E-state index contributed by atoms with van der Waals surface area (Å²) in [5.74, 6) is 0. The molecule has 108 valence electrons. The van der Waals surface area contributed by atoms with E-state index in [1.54, 1.807) is 0 Å². The average Bonchev–Trinajstić information content (AvgIpc) is 2.75. The number of hydrogen-bond acceptors (Lipinski definition) is 3. The van der Waals surface area contributed by atoms with E-state index in [-0.39, 0.29) is 6.04 Å². The highest BCUT2D eigenvalue weighted by molar-refractivity contribution is 7.09. The molecule has 2 aromatic rings. The number of thiazole rings is 1. The molecule has 1 aromatic heterocycles. The Morgan fingerprint density at radius 2 is 1.90 bits per heavy atom. The third-order valence-electron chi connectivity index (χ3n) is 2.77. The highest BCUT2D eigenvalue weighted by Gasteiger charge is 2.29. The van der Waals surface area contributed by atoms with E-state index >= 15 is 0 Å². The van der Waals surface area contributed by atoms with Crippen LogP contribution in [0.1, 0.15) is 28.8 Å². The summed E-state index contributed by atoms with van der Waals surface area (Å²) in [4.78, 5) is 4.43. The molecule has 6 heteroatoms. The molecule has 20 heavy (non-hydrogen) atoms. The Labute approximate surface area is 119 Å². The van der Waals surface area contributed by atoms with E-state index in [0.29, 0.717) is 12.8 Å². The van der Waals surface area contributed by atoms with Crippen LogP contribution in [0.4, 0.5) is 13.2 Å². The molecule has 1 heterocycles. The Hall–Kier alpha value is -1.40. The van der Waals surface area contributed by atoms with Crippen LogP contribution in [-0.2, 0) is 19.0 Å². The normalized spacial score (nSPS) is 13.4. The van der Waals surface area contributed by atoms with Crippen LogP contribution in [0.5, 0.6) is 0 Å². The zero-order valence-electron chi connectivity index (χ0n) is 10.9. The number of hydrogen-bond donors (Lipinski definition) is 1. The first-order valence-electron chi connectivity index (χ1n) is 6.19. The van der Waals surface area contributed by atoms with Crippen molar-refractivity contribution in [3.05, 3.63) is 51.5 Å². The lowest BCUT2D eigenvalue weighted by atomic mass is 10.1. The Bertz CT molecular complexity index is 559. The molecular weight excluding hydrogens is 285 g/mol. The lowest BCUT2D eigenvalue weighted by Crippen LogP contribution is -2.17. The number of nitrogens with zero attached hydrogens (tertiary/aromatic N) is 1. The highest BCUT2D eigenvalue weighted by atomic mass is 32.1. The van der Waals surface area contributed by atoms with Crippen LogP contribution >= 0.6 is 11.3 Å². The van der Waals surface area contributed by atoms with Crippen LogP contribution < -0.4 is 5.73 Å². The summed E-state index contributed by atoms with van der Waals surface area (Å²) in [5, 5.41) is 2.84. The second-order valence-electron chi connectivity index (χ2n) is 4.79. The van der Waals surface area contributed by atoms with E-state index in [4.69, 9.17) is 5.73 Å². The van der Waals surface area contributed by atoms with Gasteiger partial charge in [0.15, 0.2) is 0 Å². The molecule has 2 N–H and O–H groups in total. The fourth-order valence-electron chi connectivity index (χ4n) is 1.84. The van der Waals surface area contributed by atoms with E-state index in [0.717, 1.165) is 28.4 Å². The molecule has 1 unspecified atom stereocenters. The van der Waals surface area contributed by atoms with Crippen LogP contribution in [0.25, 0.3) is 0 Å². The van der Waals surface area contributed by atoms with Gasteiger partial charge in [0.2, 0.25) is 0 Å². The van der Waals surface area contributed by atoms with Gasteiger partial charge in [-0.3, -0.25) is 0 Å². The van der Waals surface area contributed by atoms with Gasteiger partial charge in [0.25, 0.3) is 0 Å². The van der Waals surface area contributed by atoms with Gasteiger partial charge < -0.3 is 5.73 Å². The van der Waals surface area contributed by atoms with Gasteiger partial charge in [-0.05, 0) is 24.6 Å². The van der Waals surface area contributed by atoms with Crippen LogP contribution in [-0.4, -0.2) is 11.0 Å². The van der Waals surface area contributed by atoms with Crippen molar-refractivity contribution in [3.63, 3.8) is 0 Å². The summed E-state index contributed by atoms with van der Waals surface area (Å²) in [7, 11) is 0. The lowest BCUT2D eigenvalue weighted by molar-refractivity contribution is -0.137. The quantitative estimate of drug-likeness (QED) is 0.936. The molecule has 0 radical (unpaired) electrons. The van der Waals surface area contributed by atoms with Gasteiger partial charge >= 0.3 is 6.18 Å². The van der Waals surface area contributed by atoms with Gasteiger partial charge in [-0.25, -0.2) is 4.98 Å². The molecule has 0 fully saturated rings. The predicted octanol–water partition coefficient (Wildman–Crippen LogP) is 3.64. The first-order chi connectivity index (χ1) is 9.34. The number of alkyl halides is 3. The summed E-state index contributed by atoms with van der Waals surface area (Å²) in [6.45, 7) is 1.91. The number of rotatable bonds is 4. The van der Waals surface area contributed by atoms with Crippen molar-refractivity contribution in [1.29, 1.82) is 0 Å². The Morgan fingerprint density at radius 3 is 2.45 bits per heavy atom. The molecule has 0 aliphatic rings. The molecule has 1 aromatic carbocycles. The summed E-state index contributed by atoms with van der Waals surface area (Å²) in [5.41, 5.74) is 6.83. The number of halogens is 3. The third kappa shape index (κ3) is 4.05. The Morgan fingerprint density at radius 1 is 1.25 bits per heavy atom. The topological polar surface area (TPSA) is 38.9 Å². The van der Waals surface area contributed by atoms with Gasteiger partial charge in [-0.15, -0.1) is 11.3 Å². The third-order valence-corrected chi connectivity index (χ3v) is 3.66. The largest absolute Gasteiger partial charge is 0.416 e. The van der Waals surface area contributed by atoms with Crippen LogP contribution in [0.15, 0.2) is 29.6 Å². The van der Waals surface area contributed by atoms with Crippen molar-refractivity contribution in [2.75, 3.05) is 0 Å². The maximum Gasteiger partial charge on any atom is 0.416 e. The lowest BCUT2D eigenvalue weighted by Gasteiger charge is -2.06. The Balaban J connectivity index is 2.05. The molecule has 0 spiro atoms. The minimum absolute atomic E-state index is 0.0519. The van der Waals surface area contributed by atoms with Crippen LogP contribution in [0.2, 0.25) is 0 Å². The maximum atomic E-state index is 12.4. The van der Waals surface area contributed by atoms with Crippen molar-refractivity contribution < 1.29 is 13.2 Å². The van der Waals surface area contributed by atoms with Gasteiger partial charge in [-0.1, -0.05) is 12.1 Å². The van der Waals surface area contributed by atoms with E-state index in [9.17, 15) is 13.2 Å². The smallest absolute Gasteiger partial charge is 0.328 e. The van der Waals surface area contributed by atoms with E-state index in [1.165, 1.54) is 23.5 Å². The minimum atomic E-state index is -4.29. The number of nitrogens with two attached hydrogens (primary N) is 1. The van der Waals surface area contributed by atoms with Gasteiger partial charge in [0.05, 0.1) is 16.3 Å². The first-order valence-corrected chi connectivity index (χ1v) is 7.07. The standard InChI is InChI=1S/C14H15F3N2S/c1-9(18)6-12-8-20-13(19-12)7-10-2-4-11(5-3-10)14(15,16)17/h2-5,8-9H,6-7,18H2,1H3. The predicted molar refractivity (Wildman–Crippen MR) is 73.7 cm³/mol. The number of aromatic nitrogens is 1. The van der Waals surface area contributed by atoms with Crippen molar-refractivity contribution in [1.82, 2.24) is 4.98 Å². The van der Waals surface area contributed by atoms with Crippen molar-refractivity contribution in [2.24, 2.45) is 5.73 Å². The second-order valence-corrected chi connectivity index (χ2v) is 5.73.